The van der Waals surface area contributed by atoms with Crippen LogP contribution in [0.15, 0.2) is 35.6 Å². The Morgan fingerprint density at radius 1 is 1.24 bits per heavy atom. The average molecular weight is 248 g/mol. The average Bonchev–Trinajstić information content (AvgIpc) is 2.47. The molecule has 90 valence electrons. The van der Waals surface area contributed by atoms with E-state index < -0.39 is 4.75 Å². The van der Waals surface area contributed by atoms with Crippen LogP contribution in [0.2, 0.25) is 0 Å². The Labute approximate surface area is 106 Å². The quantitative estimate of drug-likeness (QED) is 0.871. The van der Waals surface area contributed by atoms with Crippen LogP contribution in [0.25, 0.3) is 0 Å². The van der Waals surface area contributed by atoms with Gasteiger partial charge in [-0.15, -0.1) is 0 Å². The number of aliphatic hydroxyl groups is 1. The van der Waals surface area contributed by atoms with Crippen molar-refractivity contribution in [3.63, 3.8) is 0 Å². The lowest BCUT2D eigenvalue weighted by molar-refractivity contribution is -0.107. The maximum absolute atomic E-state index is 11.6. The molecule has 1 N–H and O–H groups in total. The number of hydrogen-bond donors (Lipinski definition) is 1. The molecule has 1 aromatic rings. The van der Waals surface area contributed by atoms with Gasteiger partial charge in [0.1, 0.15) is 5.76 Å². The summed E-state index contributed by atoms with van der Waals surface area (Å²) in [7, 11) is 0. The first kappa shape index (κ1) is 12.2. The van der Waals surface area contributed by atoms with Crippen molar-refractivity contribution in [3.05, 3.63) is 46.7 Å². The third-order valence-electron chi connectivity index (χ3n) is 3.14. The van der Waals surface area contributed by atoms with E-state index in [0.29, 0.717) is 12.0 Å². The predicted molar refractivity (Wildman–Crippen MR) is 71.2 cm³/mol. The Morgan fingerprint density at radius 3 is 2.29 bits per heavy atom. The molecule has 2 rings (SSSR count). The van der Waals surface area contributed by atoms with Crippen molar-refractivity contribution in [2.45, 2.75) is 31.9 Å². The molecule has 1 unspecified atom stereocenters. The lowest BCUT2D eigenvalue weighted by atomic mass is 9.96. The molecule has 17 heavy (non-hydrogen) atoms. The van der Waals surface area contributed by atoms with Crippen LogP contribution in [0.4, 0.5) is 0 Å². The largest absolute Gasteiger partial charge is 0.510 e. The highest BCUT2D eigenvalue weighted by atomic mass is 32.2. The minimum Gasteiger partial charge on any atom is -0.510 e. The molecule has 2 nitrogen and oxygen atoms in total. The van der Waals surface area contributed by atoms with Crippen LogP contribution in [0.1, 0.15) is 25.0 Å². The molecule has 1 atom stereocenters. The van der Waals surface area contributed by atoms with Crippen molar-refractivity contribution in [2.24, 2.45) is 0 Å². The third kappa shape index (κ3) is 2.25. The summed E-state index contributed by atoms with van der Waals surface area (Å²) in [5.74, 6) is 0.230. The van der Waals surface area contributed by atoms with Gasteiger partial charge in [0, 0.05) is 5.57 Å². The summed E-state index contributed by atoms with van der Waals surface area (Å²) in [4.78, 5) is 11.6. The van der Waals surface area contributed by atoms with Crippen molar-refractivity contribution in [1.29, 1.82) is 0 Å². The molecule has 1 aromatic carbocycles. The van der Waals surface area contributed by atoms with E-state index in [1.807, 2.05) is 38.1 Å². The van der Waals surface area contributed by atoms with Gasteiger partial charge in [0.25, 0.3) is 0 Å². The van der Waals surface area contributed by atoms with Gasteiger partial charge in [0.05, 0.1) is 4.75 Å². The lowest BCUT2D eigenvalue weighted by Gasteiger charge is -2.22. The van der Waals surface area contributed by atoms with Gasteiger partial charge in [-0.05, 0) is 32.8 Å². The molecule has 1 heterocycles. The number of carbonyl (C=O) groups excluding carboxylic acids is 1. The van der Waals surface area contributed by atoms with Crippen LogP contribution < -0.4 is 0 Å². The minimum atomic E-state index is -0.504. The molecule has 0 radical (unpaired) electrons. The highest BCUT2D eigenvalue weighted by Crippen LogP contribution is 2.44. The van der Waals surface area contributed by atoms with E-state index in [1.54, 1.807) is 6.92 Å². The smallest absolute Gasteiger partial charge is 0.219 e. The molecule has 1 aliphatic rings. The summed E-state index contributed by atoms with van der Waals surface area (Å²) in [5.41, 5.74) is 2.84. The van der Waals surface area contributed by atoms with Gasteiger partial charge in [-0.2, -0.15) is 0 Å². The maximum atomic E-state index is 11.6. The Hall–Kier alpha value is -1.22. The van der Waals surface area contributed by atoms with E-state index in [-0.39, 0.29) is 10.9 Å². The van der Waals surface area contributed by atoms with Crippen molar-refractivity contribution in [1.82, 2.24) is 0 Å². The lowest BCUT2D eigenvalue weighted by Crippen LogP contribution is -2.23. The van der Waals surface area contributed by atoms with Crippen LogP contribution in [0.5, 0.6) is 0 Å². The van der Waals surface area contributed by atoms with Gasteiger partial charge in [-0.25, -0.2) is 0 Å². The van der Waals surface area contributed by atoms with E-state index >= 15 is 0 Å². The molecular weight excluding hydrogens is 232 g/mol. The number of aryl methyl sites for hydroxylation is 1. The molecule has 0 saturated carbocycles. The molecule has 1 aliphatic heterocycles. The number of thioether (sulfide) groups is 1. The fourth-order valence-corrected chi connectivity index (χ4v) is 3.19. The van der Waals surface area contributed by atoms with Crippen molar-refractivity contribution in [3.8, 4) is 0 Å². The number of benzene rings is 1. The SMILES string of the molecule is CC1=C(O)C(C)(Cc2ccc(C)cc2)SC1=O. The fraction of sp³-hybridized carbons (Fsp3) is 0.357. The minimum absolute atomic E-state index is 0.0166. The summed E-state index contributed by atoms with van der Waals surface area (Å²) < 4.78 is -0.504. The predicted octanol–water partition coefficient (Wildman–Crippen LogP) is 3.40. The second-order valence-corrected chi connectivity index (χ2v) is 6.23. The zero-order valence-electron chi connectivity index (χ0n) is 10.3. The first-order chi connectivity index (χ1) is 7.92. The zero-order valence-corrected chi connectivity index (χ0v) is 11.1. The van der Waals surface area contributed by atoms with Crippen LogP contribution in [-0.2, 0) is 11.2 Å². The first-order valence-electron chi connectivity index (χ1n) is 5.61. The second kappa shape index (κ2) is 4.22. The Kier molecular flexibility index (Phi) is 3.04. The van der Waals surface area contributed by atoms with E-state index in [1.165, 1.54) is 17.3 Å². The summed E-state index contributed by atoms with van der Waals surface area (Å²) in [6, 6.07) is 8.20. The Bertz CT molecular complexity index is 487. The number of carbonyl (C=O) groups is 1. The molecule has 0 amide bonds. The molecule has 0 fully saturated rings. The van der Waals surface area contributed by atoms with Gasteiger partial charge in [0.15, 0.2) is 0 Å². The van der Waals surface area contributed by atoms with Gasteiger partial charge in [-0.1, -0.05) is 41.6 Å². The van der Waals surface area contributed by atoms with E-state index in [2.05, 4.69) is 0 Å². The highest BCUT2D eigenvalue weighted by Gasteiger charge is 2.41. The van der Waals surface area contributed by atoms with Crippen LogP contribution in [-0.4, -0.2) is 15.0 Å². The topological polar surface area (TPSA) is 37.3 Å². The zero-order chi connectivity index (χ0) is 12.6. The third-order valence-corrected chi connectivity index (χ3v) is 4.42. The van der Waals surface area contributed by atoms with Gasteiger partial charge in [0.2, 0.25) is 5.12 Å². The summed E-state index contributed by atoms with van der Waals surface area (Å²) in [6.07, 6.45) is 0.673. The van der Waals surface area contributed by atoms with Crippen molar-refractivity contribution in [2.75, 3.05) is 0 Å². The van der Waals surface area contributed by atoms with Gasteiger partial charge < -0.3 is 5.11 Å². The second-order valence-electron chi connectivity index (χ2n) is 4.76. The molecule has 0 saturated heterocycles. The highest BCUT2D eigenvalue weighted by molar-refractivity contribution is 8.15. The van der Waals surface area contributed by atoms with Crippen LogP contribution in [0.3, 0.4) is 0 Å². The van der Waals surface area contributed by atoms with Crippen LogP contribution in [0, 0.1) is 6.92 Å². The van der Waals surface area contributed by atoms with E-state index in [9.17, 15) is 9.90 Å². The summed E-state index contributed by atoms with van der Waals surface area (Å²) in [5, 5.41) is 10.0. The summed E-state index contributed by atoms with van der Waals surface area (Å²) >= 11 is 1.22. The Balaban J connectivity index is 2.25. The maximum Gasteiger partial charge on any atom is 0.219 e. The first-order valence-corrected chi connectivity index (χ1v) is 6.43. The fourth-order valence-electron chi connectivity index (χ4n) is 2.04. The van der Waals surface area contributed by atoms with E-state index in [0.717, 1.165) is 5.56 Å². The molecule has 0 spiro atoms. The summed E-state index contributed by atoms with van der Waals surface area (Å²) in [6.45, 7) is 5.65. The van der Waals surface area contributed by atoms with Gasteiger partial charge in [-0.3, -0.25) is 4.79 Å². The van der Waals surface area contributed by atoms with Crippen molar-refractivity contribution >= 4 is 16.9 Å². The standard InChI is InChI=1S/C14H16O2S/c1-9-4-6-11(7-5-9)8-14(3)12(15)10(2)13(16)17-14/h4-7,15H,8H2,1-3H3. The molecular formula is C14H16O2S. The Morgan fingerprint density at radius 2 is 1.82 bits per heavy atom. The number of aliphatic hydroxyl groups excluding tert-OH is 1. The molecule has 0 bridgehead atoms. The molecule has 0 aliphatic carbocycles. The van der Waals surface area contributed by atoms with E-state index in [4.69, 9.17) is 0 Å². The van der Waals surface area contributed by atoms with Crippen LogP contribution >= 0.6 is 11.8 Å². The van der Waals surface area contributed by atoms with Crippen molar-refractivity contribution < 1.29 is 9.90 Å². The monoisotopic (exact) mass is 248 g/mol. The number of hydrogen-bond acceptors (Lipinski definition) is 3. The normalized spacial score (nSPS) is 24.5. The van der Waals surface area contributed by atoms with Gasteiger partial charge >= 0.3 is 0 Å². The molecule has 3 heteroatoms. The molecule has 0 aromatic heterocycles. The number of rotatable bonds is 2.